The summed E-state index contributed by atoms with van der Waals surface area (Å²) in [7, 11) is 0. The number of carbonyl (C=O) groups is 2. The van der Waals surface area contributed by atoms with Crippen LogP contribution in [0.2, 0.25) is 10.0 Å². The smallest absolute Gasteiger partial charge is 0.276 e. The number of benzene rings is 2. The number of rotatable bonds is 6. The summed E-state index contributed by atoms with van der Waals surface area (Å²) in [6.45, 7) is -0.277. The van der Waals surface area contributed by atoms with Gasteiger partial charge < -0.3 is 4.74 Å². The van der Waals surface area contributed by atoms with Crippen LogP contribution in [0, 0.1) is 0 Å². The standard InChI is InChI=1S/C17H16Cl2N2O3/c18-13-7-8-15(14(19)10-13)24-11-17(23)21-20-16(22)9-6-12-4-2-1-3-5-12/h1-5,7-8,10H,6,9,11H2,(H,20,22)(H,21,23). The predicted molar refractivity (Wildman–Crippen MR) is 93.0 cm³/mol. The van der Waals surface area contributed by atoms with Crippen LogP contribution in [0.15, 0.2) is 48.5 Å². The summed E-state index contributed by atoms with van der Waals surface area (Å²) in [5.41, 5.74) is 5.68. The van der Waals surface area contributed by atoms with Gasteiger partial charge in [0.25, 0.3) is 5.91 Å². The summed E-state index contributed by atoms with van der Waals surface area (Å²) in [6, 6.07) is 14.3. The highest BCUT2D eigenvalue weighted by molar-refractivity contribution is 6.35. The van der Waals surface area contributed by atoms with Crippen molar-refractivity contribution in [3.05, 3.63) is 64.1 Å². The van der Waals surface area contributed by atoms with Crippen LogP contribution in [0.3, 0.4) is 0 Å². The number of hydrogen-bond acceptors (Lipinski definition) is 3. The second-order valence-electron chi connectivity index (χ2n) is 4.95. The van der Waals surface area contributed by atoms with Crippen LogP contribution in [-0.2, 0) is 16.0 Å². The molecule has 126 valence electrons. The van der Waals surface area contributed by atoms with E-state index in [4.69, 9.17) is 27.9 Å². The van der Waals surface area contributed by atoms with Crippen molar-refractivity contribution in [1.82, 2.24) is 10.9 Å². The number of ether oxygens (including phenoxy) is 1. The average molecular weight is 367 g/mol. The second kappa shape index (κ2) is 9.15. The Kier molecular flexibility index (Phi) is 6.90. The van der Waals surface area contributed by atoms with Gasteiger partial charge in [0.15, 0.2) is 6.61 Å². The van der Waals surface area contributed by atoms with Crippen molar-refractivity contribution in [2.45, 2.75) is 12.8 Å². The van der Waals surface area contributed by atoms with Crippen LogP contribution in [0.1, 0.15) is 12.0 Å². The maximum Gasteiger partial charge on any atom is 0.276 e. The van der Waals surface area contributed by atoms with Gasteiger partial charge in [-0.25, -0.2) is 0 Å². The van der Waals surface area contributed by atoms with Crippen LogP contribution in [0.4, 0.5) is 0 Å². The number of nitrogens with one attached hydrogen (secondary N) is 2. The van der Waals surface area contributed by atoms with E-state index in [1.165, 1.54) is 6.07 Å². The quantitative estimate of drug-likeness (QED) is 0.771. The molecule has 0 saturated heterocycles. The summed E-state index contributed by atoms with van der Waals surface area (Å²) in [6.07, 6.45) is 0.869. The van der Waals surface area contributed by atoms with Crippen molar-refractivity contribution < 1.29 is 14.3 Å². The summed E-state index contributed by atoms with van der Waals surface area (Å²) in [4.78, 5) is 23.3. The van der Waals surface area contributed by atoms with E-state index in [-0.39, 0.29) is 18.9 Å². The highest BCUT2D eigenvalue weighted by Gasteiger charge is 2.08. The monoisotopic (exact) mass is 366 g/mol. The van der Waals surface area contributed by atoms with Crippen molar-refractivity contribution in [3.63, 3.8) is 0 Å². The van der Waals surface area contributed by atoms with Gasteiger partial charge in [-0.3, -0.25) is 20.4 Å². The first-order chi connectivity index (χ1) is 11.5. The van der Waals surface area contributed by atoms with Gasteiger partial charge >= 0.3 is 0 Å². The second-order valence-corrected chi connectivity index (χ2v) is 5.79. The van der Waals surface area contributed by atoms with Crippen molar-refractivity contribution >= 4 is 35.0 Å². The number of amides is 2. The summed E-state index contributed by atoms with van der Waals surface area (Å²) >= 11 is 11.7. The number of carbonyl (C=O) groups excluding carboxylic acids is 2. The van der Waals surface area contributed by atoms with Gasteiger partial charge in [0.1, 0.15) is 5.75 Å². The SMILES string of the molecule is O=C(CCc1ccccc1)NNC(=O)COc1ccc(Cl)cc1Cl. The predicted octanol–water partition coefficient (Wildman–Crippen LogP) is 3.15. The van der Waals surface area contributed by atoms with E-state index < -0.39 is 5.91 Å². The Labute approximate surface area is 149 Å². The van der Waals surface area contributed by atoms with E-state index in [1.807, 2.05) is 30.3 Å². The summed E-state index contributed by atoms with van der Waals surface area (Å²) in [5, 5.41) is 0.782. The Morgan fingerprint density at radius 3 is 2.38 bits per heavy atom. The van der Waals surface area contributed by atoms with E-state index in [0.29, 0.717) is 22.2 Å². The first-order valence-corrected chi connectivity index (χ1v) is 7.99. The molecule has 2 N–H and O–H groups in total. The Hall–Kier alpha value is -2.24. The number of hydrogen-bond donors (Lipinski definition) is 2. The lowest BCUT2D eigenvalue weighted by molar-refractivity contribution is -0.130. The lowest BCUT2D eigenvalue weighted by atomic mass is 10.1. The molecule has 0 heterocycles. The normalized spacial score (nSPS) is 10.1. The number of hydrazine groups is 1. The molecule has 2 aromatic carbocycles. The van der Waals surface area contributed by atoms with Gasteiger partial charge in [-0.2, -0.15) is 0 Å². The minimum Gasteiger partial charge on any atom is -0.482 e. The molecule has 0 radical (unpaired) electrons. The molecule has 0 aliphatic heterocycles. The Morgan fingerprint density at radius 2 is 1.67 bits per heavy atom. The Morgan fingerprint density at radius 1 is 0.958 bits per heavy atom. The number of halogens is 2. The third-order valence-corrected chi connectivity index (χ3v) is 3.61. The third-order valence-electron chi connectivity index (χ3n) is 3.08. The lowest BCUT2D eigenvalue weighted by Gasteiger charge is -2.10. The van der Waals surface area contributed by atoms with Gasteiger partial charge in [-0.05, 0) is 30.2 Å². The number of aryl methyl sites for hydroxylation is 1. The first-order valence-electron chi connectivity index (χ1n) is 7.24. The van der Waals surface area contributed by atoms with Gasteiger partial charge in [-0.15, -0.1) is 0 Å². The van der Waals surface area contributed by atoms with Crippen molar-refractivity contribution in [1.29, 1.82) is 0 Å². The molecule has 7 heteroatoms. The first kappa shape index (κ1) is 18.1. The molecular formula is C17H16Cl2N2O3. The molecule has 2 aromatic rings. The molecule has 0 saturated carbocycles. The van der Waals surface area contributed by atoms with Crippen LogP contribution in [-0.4, -0.2) is 18.4 Å². The molecule has 0 spiro atoms. The van der Waals surface area contributed by atoms with E-state index in [9.17, 15) is 9.59 Å². The molecule has 0 unspecified atom stereocenters. The molecule has 0 bridgehead atoms. The average Bonchev–Trinajstić information content (AvgIpc) is 2.58. The van der Waals surface area contributed by atoms with E-state index in [1.54, 1.807) is 12.1 Å². The van der Waals surface area contributed by atoms with Gasteiger partial charge in [0.05, 0.1) is 5.02 Å². The summed E-state index contributed by atoms with van der Waals surface area (Å²) < 4.78 is 5.26. The molecular weight excluding hydrogens is 351 g/mol. The molecule has 2 rings (SSSR count). The lowest BCUT2D eigenvalue weighted by Crippen LogP contribution is -2.43. The van der Waals surface area contributed by atoms with E-state index in [0.717, 1.165) is 5.56 Å². The summed E-state index contributed by atoms with van der Waals surface area (Å²) in [5.74, 6) is -0.433. The zero-order chi connectivity index (χ0) is 17.4. The molecule has 24 heavy (non-hydrogen) atoms. The van der Waals surface area contributed by atoms with Gasteiger partial charge in [0.2, 0.25) is 5.91 Å². The maximum absolute atomic E-state index is 11.7. The van der Waals surface area contributed by atoms with Crippen molar-refractivity contribution in [2.75, 3.05) is 6.61 Å². The van der Waals surface area contributed by atoms with Gasteiger partial charge in [0, 0.05) is 11.4 Å². The Balaban J connectivity index is 1.68. The molecule has 0 aliphatic rings. The fourth-order valence-corrected chi connectivity index (χ4v) is 2.34. The Bertz CT molecular complexity index is 708. The zero-order valence-electron chi connectivity index (χ0n) is 12.7. The molecule has 0 atom stereocenters. The van der Waals surface area contributed by atoms with Gasteiger partial charge in [-0.1, -0.05) is 53.5 Å². The fraction of sp³-hybridized carbons (Fsp3) is 0.176. The van der Waals surface area contributed by atoms with Crippen LogP contribution in [0.25, 0.3) is 0 Å². The molecule has 2 amide bonds. The van der Waals surface area contributed by atoms with Crippen molar-refractivity contribution in [3.8, 4) is 5.75 Å². The highest BCUT2D eigenvalue weighted by Crippen LogP contribution is 2.27. The van der Waals surface area contributed by atoms with Crippen LogP contribution < -0.4 is 15.6 Å². The fourth-order valence-electron chi connectivity index (χ4n) is 1.88. The van der Waals surface area contributed by atoms with Crippen LogP contribution >= 0.6 is 23.2 Å². The molecule has 0 aromatic heterocycles. The van der Waals surface area contributed by atoms with E-state index >= 15 is 0 Å². The van der Waals surface area contributed by atoms with Crippen molar-refractivity contribution in [2.24, 2.45) is 0 Å². The van der Waals surface area contributed by atoms with E-state index in [2.05, 4.69) is 10.9 Å². The topological polar surface area (TPSA) is 67.4 Å². The minimum atomic E-state index is -0.492. The maximum atomic E-state index is 11.7. The highest BCUT2D eigenvalue weighted by atomic mass is 35.5. The largest absolute Gasteiger partial charge is 0.482 e. The molecule has 5 nitrogen and oxygen atoms in total. The minimum absolute atomic E-state index is 0.272. The molecule has 0 aliphatic carbocycles. The van der Waals surface area contributed by atoms with Crippen LogP contribution in [0.5, 0.6) is 5.75 Å². The molecule has 0 fully saturated rings. The zero-order valence-corrected chi connectivity index (χ0v) is 14.2. The third kappa shape index (κ3) is 6.10.